The molecule has 0 saturated heterocycles. The van der Waals surface area contributed by atoms with Crippen LogP contribution in [0.25, 0.3) is 0 Å². The SMILES string of the molecule is Cc1cccc(OCc2ccc(I)cc2)c1C. The second kappa shape index (κ2) is 5.54. The van der Waals surface area contributed by atoms with Crippen molar-refractivity contribution in [3.63, 3.8) is 0 Å². The van der Waals surface area contributed by atoms with Crippen LogP contribution < -0.4 is 4.74 Å². The topological polar surface area (TPSA) is 9.23 Å². The third-order valence-electron chi connectivity index (χ3n) is 2.86. The lowest BCUT2D eigenvalue weighted by Gasteiger charge is -2.10. The molecule has 2 heteroatoms. The lowest BCUT2D eigenvalue weighted by atomic mass is 10.1. The molecule has 0 saturated carbocycles. The van der Waals surface area contributed by atoms with Crippen molar-refractivity contribution in [2.45, 2.75) is 20.5 Å². The van der Waals surface area contributed by atoms with E-state index < -0.39 is 0 Å². The first-order chi connectivity index (χ1) is 8.16. The fourth-order valence-electron chi connectivity index (χ4n) is 1.62. The van der Waals surface area contributed by atoms with E-state index in [2.05, 4.69) is 66.8 Å². The van der Waals surface area contributed by atoms with Crippen molar-refractivity contribution < 1.29 is 4.74 Å². The molecule has 0 amide bonds. The Kier molecular flexibility index (Phi) is 4.05. The maximum absolute atomic E-state index is 5.84. The van der Waals surface area contributed by atoms with Gasteiger partial charge in [-0.2, -0.15) is 0 Å². The molecule has 0 N–H and O–H groups in total. The molecule has 2 aromatic carbocycles. The summed E-state index contributed by atoms with van der Waals surface area (Å²) in [5, 5.41) is 0. The molecule has 2 rings (SSSR count). The molecule has 0 atom stereocenters. The number of aryl methyl sites for hydroxylation is 1. The highest BCUT2D eigenvalue weighted by Crippen LogP contribution is 2.21. The van der Waals surface area contributed by atoms with Crippen molar-refractivity contribution in [3.05, 3.63) is 62.7 Å². The predicted molar refractivity (Wildman–Crippen MR) is 79.4 cm³/mol. The van der Waals surface area contributed by atoms with Crippen molar-refractivity contribution in [1.29, 1.82) is 0 Å². The third-order valence-corrected chi connectivity index (χ3v) is 3.58. The van der Waals surface area contributed by atoms with E-state index in [9.17, 15) is 0 Å². The number of ether oxygens (including phenoxy) is 1. The van der Waals surface area contributed by atoms with Crippen LogP contribution in [0, 0.1) is 17.4 Å². The minimum absolute atomic E-state index is 0.626. The molecule has 0 unspecified atom stereocenters. The third kappa shape index (κ3) is 3.22. The van der Waals surface area contributed by atoms with Crippen LogP contribution in [0.3, 0.4) is 0 Å². The average molecular weight is 338 g/mol. The Balaban J connectivity index is 2.07. The lowest BCUT2D eigenvalue weighted by Crippen LogP contribution is -1.97. The quantitative estimate of drug-likeness (QED) is 0.750. The van der Waals surface area contributed by atoms with Crippen molar-refractivity contribution in [3.8, 4) is 5.75 Å². The van der Waals surface area contributed by atoms with Crippen LogP contribution in [0.1, 0.15) is 16.7 Å². The minimum atomic E-state index is 0.626. The maximum Gasteiger partial charge on any atom is 0.122 e. The van der Waals surface area contributed by atoms with Crippen LogP contribution in [-0.4, -0.2) is 0 Å². The van der Waals surface area contributed by atoms with Crippen molar-refractivity contribution in [2.75, 3.05) is 0 Å². The van der Waals surface area contributed by atoms with Crippen LogP contribution in [-0.2, 0) is 6.61 Å². The molecule has 0 bridgehead atoms. The molecule has 2 aromatic rings. The molecule has 1 nitrogen and oxygen atoms in total. The standard InChI is InChI=1S/C15H15IO/c1-11-4-3-5-15(12(11)2)17-10-13-6-8-14(16)9-7-13/h3-9H,10H2,1-2H3. The zero-order valence-corrected chi connectivity index (χ0v) is 12.2. The van der Waals surface area contributed by atoms with Gasteiger partial charge in [0.1, 0.15) is 12.4 Å². The van der Waals surface area contributed by atoms with Gasteiger partial charge in [-0.15, -0.1) is 0 Å². The van der Waals surface area contributed by atoms with Crippen LogP contribution >= 0.6 is 22.6 Å². The Bertz CT molecular complexity index is 503. The summed E-state index contributed by atoms with van der Waals surface area (Å²) in [6.45, 7) is 4.83. The Labute approximate surface area is 116 Å². The van der Waals surface area contributed by atoms with Gasteiger partial charge in [-0.1, -0.05) is 24.3 Å². The summed E-state index contributed by atoms with van der Waals surface area (Å²) in [6.07, 6.45) is 0. The number of benzene rings is 2. The number of halogens is 1. The fourth-order valence-corrected chi connectivity index (χ4v) is 1.98. The summed E-state index contributed by atoms with van der Waals surface area (Å²) < 4.78 is 7.09. The van der Waals surface area contributed by atoms with Gasteiger partial charge < -0.3 is 4.74 Å². The van der Waals surface area contributed by atoms with Gasteiger partial charge in [0.15, 0.2) is 0 Å². The van der Waals surface area contributed by atoms with Crippen molar-refractivity contribution in [2.24, 2.45) is 0 Å². The Morgan fingerprint density at radius 2 is 1.71 bits per heavy atom. The molecule has 0 aliphatic heterocycles. The smallest absolute Gasteiger partial charge is 0.122 e. The van der Waals surface area contributed by atoms with Crippen LogP contribution in [0.15, 0.2) is 42.5 Å². The summed E-state index contributed by atoms with van der Waals surface area (Å²) in [5.41, 5.74) is 3.69. The lowest BCUT2D eigenvalue weighted by molar-refractivity contribution is 0.304. The van der Waals surface area contributed by atoms with E-state index in [0.717, 1.165) is 5.75 Å². The highest BCUT2D eigenvalue weighted by molar-refractivity contribution is 14.1. The van der Waals surface area contributed by atoms with Gasteiger partial charge in [0, 0.05) is 3.57 Å². The second-order valence-electron chi connectivity index (χ2n) is 4.11. The zero-order valence-electron chi connectivity index (χ0n) is 10.0. The second-order valence-corrected chi connectivity index (χ2v) is 5.36. The molecule has 0 radical (unpaired) electrons. The number of hydrogen-bond donors (Lipinski definition) is 0. The summed E-state index contributed by atoms with van der Waals surface area (Å²) in [7, 11) is 0. The average Bonchev–Trinajstić information content (AvgIpc) is 2.33. The molecule has 17 heavy (non-hydrogen) atoms. The molecule has 0 heterocycles. The molecule has 0 aliphatic rings. The van der Waals surface area contributed by atoms with Crippen molar-refractivity contribution >= 4 is 22.6 Å². The Morgan fingerprint density at radius 1 is 1.00 bits per heavy atom. The first-order valence-corrected chi connectivity index (χ1v) is 6.68. The summed E-state index contributed by atoms with van der Waals surface area (Å²) >= 11 is 2.31. The monoisotopic (exact) mass is 338 g/mol. The van der Waals surface area contributed by atoms with E-state index in [0.29, 0.717) is 6.61 Å². The van der Waals surface area contributed by atoms with Gasteiger partial charge in [0.2, 0.25) is 0 Å². The first kappa shape index (κ1) is 12.4. The van der Waals surface area contributed by atoms with E-state index in [-0.39, 0.29) is 0 Å². The zero-order chi connectivity index (χ0) is 12.3. The predicted octanol–water partition coefficient (Wildman–Crippen LogP) is 4.49. The van der Waals surface area contributed by atoms with Gasteiger partial charge in [0.25, 0.3) is 0 Å². The van der Waals surface area contributed by atoms with E-state index in [1.807, 2.05) is 12.1 Å². The molecule has 88 valence electrons. The van der Waals surface area contributed by atoms with Crippen LogP contribution in [0.2, 0.25) is 0 Å². The van der Waals surface area contributed by atoms with Gasteiger partial charge in [-0.3, -0.25) is 0 Å². The highest BCUT2D eigenvalue weighted by Gasteiger charge is 2.01. The highest BCUT2D eigenvalue weighted by atomic mass is 127. The number of hydrogen-bond acceptors (Lipinski definition) is 1. The largest absolute Gasteiger partial charge is 0.489 e. The fraction of sp³-hybridized carbons (Fsp3) is 0.200. The van der Waals surface area contributed by atoms with E-state index in [1.165, 1.54) is 20.3 Å². The summed E-state index contributed by atoms with van der Waals surface area (Å²) in [4.78, 5) is 0. The van der Waals surface area contributed by atoms with E-state index >= 15 is 0 Å². The maximum atomic E-state index is 5.84. The van der Waals surface area contributed by atoms with Gasteiger partial charge in [0.05, 0.1) is 0 Å². The van der Waals surface area contributed by atoms with Gasteiger partial charge in [-0.25, -0.2) is 0 Å². The first-order valence-electron chi connectivity index (χ1n) is 5.60. The molecular formula is C15H15IO. The summed E-state index contributed by atoms with van der Waals surface area (Å²) in [5.74, 6) is 0.976. The van der Waals surface area contributed by atoms with Gasteiger partial charge in [-0.05, 0) is 71.3 Å². The molecular weight excluding hydrogens is 323 g/mol. The minimum Gasteiger partial charge on any atom is -0.489 e. The Morgan fingerprint density at radius 3 is 2.41 bits per heavy atom. The van der Waals surface area contributed by atoms with Crippen LogP contribution in [0.4, 0.5) is 0 Å². The van der Waals surface area contributed by atoms with Gasteiger partial charge >= 0.3 is 0 Å². The van der Waals surface area contributed by atoms with Crippen LogP contribution in [0.5, 0.6) is 5.75 Å². The normalized spacial score (nSPS) is 10.3. The molecule has 0 aromatic heterocycles. The van der Waals surface area contributed by atoms with E-state index in [4.69, 9.17) is 4.74 Å². The molecule has 0 aliphatic carbocycles. The number of rotatable bonds is 3. The summed E-state index contributed by atoms with van der Waals surface area (Å²) in [6, 6.07) is 14.6. The molecule has 0 fully saturated rings. The Hall–Kier alpha value is -1.03. The van der Waals surface area contributed by atoms with E-state index in [1.54, 1.807) is 0 Å². The molecule has 0 spiro atoms. The van der Waals surface area contributed by atoms with Crippen molar-refractivity contribution in [1.82, 2.24) is 0 Å².